The normalized spacial score (nSPS) is 21.4. The summed E-state index contributed by atoms with van der Waals surface area (Å²) in [5, 5.41) is 1.75. The molecule has 3 aromatic rings. The number of carbonyl (C=O) groups excluding carboxylic acids is 2. The van der Waals surface area contributed by atoms with Gasteiger partial charge in [0.05, 0.1) is 24.0 Å². The molecule has 0 aliphatic carbocycles. The van der Waals surface area contributed by atoms with Gasteiger partial charge in [0.15, 0.2) is 6.10 Å². The van der Waals surface area contributed by atoms with Gasteiger partial charge in [-0.3, -0.25) is 14.4 Å². The first-order valence-electron chi connectivity index (χ1n) is 11.8. The number of ether oxygens (including phenoxy) is 1. The minimum atomic E-state index is -0.896. The fraction of sp³-hybridized carbons (Fsp3) is 0.286. The topological polar surface area (TPSA) is 62.3 Å². The molecule has 2 fully saturated rings. The zero-order valence-electron chi connectivity index (χ0n) is 20.3. The van der Waals surface area contributed by atoms with Crippen molar-refractivity contribution in [2.24, 2.45) is 5.92 Å². The zero-order valence-corrected chi connectivity index (χ0v) is 20.3. The molecule has 0 bridgehead atoms. The molecule has 2 saturated heterocycles. The second kappa shape index (κ2) is 9.07. The lowest BCUT2D eigenvalue weighted by molar-refractivity contribution is -0.126. The van der Waals surface area contributed by atoms with E-state index in [-0.39, 0.29) is 11.8 Å². The molecular weight excluding hydrogens is 442 g/mol. The summed E-state index contributed by atoms with van der Waals surface area (Å²) in [4.78, 5) is 36.8. The van der Waals surface area contributed by atoms with Gasteiger partial charge in [-0.05, 0) is 67.4 Å². The molecule has 3 atom stereocenters. The van der Waals surface area contributed by atoms with Crippen molar-refractivity contribution in [3.63, 3.8) is 0 Å². The molecule has 2 amide bonds. The highest BCUT2D eigenvalue weighted by molar-refractivity contribution is 6.24. The Balaban J connectivity index is 1.54. The maximum absolute atomic E-state index is 13.8. The van der Waals surface area contributed by atoms with Crippen LogP contribution in [-0.2, 0) is 14.4 Å². The van der Waals surface area contributed by atoms with Crippen molar-refractivity contribution in [2.75, 3.05) is 35.6 Å². The van der Waals surface area contributed by atoms with Crippen LogP contribution in [0.3, 0.4) is 0 Å². The Kier molecular flexibility index (Phi) is 5.94. The first-order valence-corrected chi connectivity index (χ1v) is 11.8. The minimum absolute atomic E-state index is 0.262. The number of hydroxylamine groups is 1. The van der Waals surface area contributed by atoms with Gasteiger partial charge >= 0.3 is 0 Å². The van der Waals surface area contributed by atoms with E-state index in [0.29, 0.717) is 18.0 Å². The summed E-state index contributed by atoms with van der Waals surface area (Å²) in [5.74, 6) is -0.590. The van der Waals surface area contributed by atoms with Gasteiger partial charge in [0, 0.05) is 19.8 Å². The SMILES string of the molecule is CCOc1ccc(N2C(=O)[C@H]3[C@@H](ON(c4ccccc4C)[C@H]3c3ccc(N(C)C)cc3)C2=O)cc1. The zero-order chi connectivity index (χ0) is 24.7. The average Bonchev–Trinajstić information content (AvgIpc) is 3.36. The Morgan fingerprint density at radius 3 is 2.23 bits per heavy atom. The van der Waals surface area contributed by atoms with Crippen LogP contribution in [0.4, 0.5) is 17.1 Å². The van der Waals surface area contributed by atoms with E-state index in [0.717, 1.165) is 22.5 Å². The Labute approximate surface area is 205 Å². The van der Waals surface area contributed by atoms with E-state index < -0.39 is 18.1 Å². The summed E-state index contributed by atoms with van der Waals surface area (Å²) in [6, 6.07) is 22.5. The number of aryl methyl sites for hydroxylation is 1. The van der Waals surface area contributed by atoms with E-state index in [2.05, 4.69) is 0 Å². The fourth-order valence-corrected chi connectivity index (χ4v) is 4.86. The number of para-hydroxylation sites is 1. The Hall–Kier alpha value is -3.84. The summed E-state index contributed by atoms with van der Waals surface area (Å²) in [5.41, 5.74) is 4.34. The Bertz CT molecular complexity index is 1240. The summed E-state index contributed by atoms with van der Waals surface area (Å²) in [6.45, 7) is 4.45. The first kappa shape index (κ1) is 22.9. The van der Waals surface area contributed by atoms with E-state index in [1.807, 2.05) is 81.4 Å². The number of carbonyl (C=O) groups is 2. The van der Waals surface area contributed by atoms with Crippen molar-refractivity contribution in [1.29, 1.82) is 0 Å². The van der Waals surface area contributed by atoms with Crippen molar-refractivity contribution in [1.82, 2.24) is 0 Å². The third-order valence-corrected chi connectivity index (χ3v) is 6.63. The average molecular weight is 472 g/mol. The molecule has 3 aromatic carbocycles. The predicted octanol–water partition coefficient (Wildman–Crippen LogP) is 4.51. The number of hydrogen-bond acceptors (Lipinski definition) is 6. The summed E-state index contributed by atoms with van der Waals surface area (Å²) in [7, 11) is 3.97. The van der Waals surface area contributed by atoms with Gasteiger partial charge in [-0.2, -0.15) is 0 Å². The van der Waals surface area contributed by atoms with Gasteiger partial charge in [0.25, 0.3) is 5.91 Å². The van der Waals surface area contributed by atoms with Gasteiger partial charge in [-0.15, -0.1) is 0 Å². The standard InChI is InChI=1S/C28H29N3O4/c1-5-34-22-16-14-21(15-17-22)30-27(32)24-25(19-10-12-20(13-11-19)29(3)4)31(35-26(24)28(30)33)23-9-7-6-8-18(23)2/h6-17,24-26H,5H2,1-4H3/t24-,25+,26-/m1/s1. The van der Waals surface area contributed by atoms with Gasteiger partial charge in [0.2, 0.25) is 5.91 Å². The molecule has 7 heteroatoms. The van der Waals surface area contributed by atoms with Crippen LogP contribution in [0.1, 0.15) is 24.1 Å². The number of anilines is 3. The lowest BCUT2D eigenvalue weighted by Crippen LogP contribution is -2.37. The van der Waals surface area contributed by atoms with E-state index >= 15 is 0 Å². The Morgan fingerprint density at radius 2 is 1.60 bits per heavy atom. The lowest BCUT2D eigenvalue weighted by atomic mass is 9.90. The number of rotatable bonds is 6. The molecule has 0 spiro atoms. The maximum Gasteiger partial charge on any atom is 0.266 e. The molecule has 180 valence electrons. The van der Waals surface area contributed by atoms with Gasteiger partial charge in [-0.1, -0.05) is 30.3 Å². The first-order chi connectivity index (χ1) is 16.9. The van der Waals surface area contributed by atoms with Crippen LogP contribution < -0.4 is 19.6 Å². The number of imide groups is 1. The molecule has 0 aromatic heterocycles. The Morgan fingerprint density at radius 1 is 0.914 bits per heavy atom. The third kappa shape index (κ3) is 3.91. The van der Waals surface area contributed by atoms with Crippen molar-refractivity contribution < 1.29 is 19.2 Å². The highest BCUT2D eigenvalue weighted by Crippen LogP contribution is 2.48. The van der Waals surface area contributed by atoms with Gasteiger partial charge in [-0.25, -0.2) is 9.96 Å². The number of benzene rings is 3. The number of nitrogens with zero attached hydrogens (tertiary/aromatic N) is 3. The molecule has 0 N–H and O–H groups in total. The molecule has 35 heavy (non-hydrogen) atoms. The van der Waals surface area contributed by atoms with Crippen molar-refractivity contribution >= 4 is 28.9 Å². The third-order valence-electron chi connectivity index (χ3n) is 6.63. The number of hydrogen-bond donors (Lipinski definition) is 0. The molecule has 7 nitrogen and oxygen atoms in total. The quantitative estimate of drug-likeness (QED) is 0.493. The van der Waals surface area contributed by atoms with E-state index in [9.17, 15) is 9.59 Å². The van der Waals surface area contributed by atoms with Gasteiger partial charge < -0.3 is 9.64 Å². The van der Waals surface area contributed by atoms with Crippen LogP contribution in [0.15, 0.2) is 72.8 Å². The molecule has 0 unspecified atom stereocenters. The van der Waals surface area contributed by atoms with Crippen LogP contribution in [-0.4, -0.2) is 38.6 Å². The summed E-state index contributed by atoms with van der Waals surface area (Å²) < 4.78 is 5.50. The smallest absolute Gasteiger partial charge is 0.266 e. The van der Waals surface area contributed by atoms with Gasteiger partial charge in [0.1, 0.15) is 11.7 Å². The molecule has 0 saturated carbocycles. The molecule has 5 rings (SSSR count). The van der Waals surface area contributed by atoms with E-state index in [1.165, 1.54) is 4.90 Å². The molecular formula is C28H29N3O4. The summed E-state index contributed by atoms with van der Waals surface area (Å²) in [6.07, 6.45) is -0.896. The highest BCUT2D eigenvalue weighted by atomic mass is 16.7. The number of amides is 2. The molecule has 2 heterocycles. The number of fused-ring (bicyclic) bond motifs is 1. The van der Waals surface area contributed by atoms with E-state index in [4.69, 9.17) is 9.57 Å². The molecule has 0 radical (unpaired) electrons. The predicted molar refractivity (Wildman–Crippen MR) is 136 cm³/mol. The van der Waals surface area contributed by atoms with Crippen LogP contribution in [0.5, 0.6) is 5.75 Å². The van der Waals surface area contributed by atoms with Crippen molar-refractivity contribution in [3.8, 4) is 5.75 Å². The maximum atomic E-state index is 13.8. The molecule has 2 aliphatic heterocycles. The van der Waals surface area contributed by atoms with Crippen LogP contribution in [0.2, 0.25) is 0 Å². The monoisotopic (exact) mass is 471 g/mol. The van der Waals surface area contributed by atoms with Crippen LogP contribution >= 0.6 is 0 Å². The second-order valence-electron chi connectivity index (χ2n) is 9.03. The van der Waals surface area contributed by atoms with Crippen LogP contribution in [0.25, 0.3) is 0 Å². The van der Waals surface area contributed by atoms with Crippen LogP contribution in [0, 0.1) is 12.8 Å². The lowest BCUT2D eigenvalue weighted by Gasteiger charge is -2.30. The van der Waals surface area contributed by atoms with Crippen molar-refractivity contribution in [2.45, 2.75) is 26.0 Å². The minimum Gasteiger partial charge on any atom is -0.494 e. The highest BCUT2D eigenvalue weighted by Gasteiger charge is 2.60. The molecule has 2 aliphatic rings. The summed E-state index contributed by atoms with van der Waals surface area (Å²) >= 11 is 0. The fourth-order valence-electron chi connectivity index (χ4n) is 4.86. The van der Waals surface area contributed by atoms with Crippen molar-refractivity contribution in [3.05, 3.63) is 83.9 Å². The van der Waals surface area contributed by atoms with E-state index in [1.54, 1.807) is 29.3 Å². The largest absolute Gasteiger partial charge is 0.494 e. The second-order valence-corrected chi connectivity index (χ2v) is 9.03.